The highest BCUT2D eigenvalue weighted by molar-refractivity contribution is 9.10. The number of nitrogens with zero attached hydrogens (tertiary/aromatic N) is 3. The molecular weight excluding hydrogens is 294 g/mol. The Hall–Kier alpha value is -1.07. The van der Waals surface area contributed by atoms with Gasteiger partial charge in [-0.05, 0) is 42.9 Å². The van der Waals surface area contributed by atoms with Crippen LogP contribution in [0.2, 0.25) is 0 Å². The number of hydrogen-bond acceptors (Lipinski definition) is 3. The lowest BCUT2D eigenvalue weighted by molar-refractivity contribution is 0.306. The lowest BCUT2D eigenvalue weighted by atomic mass is 10.2. The molecule has 0 aromatic carbocycles. The van der Waals surface area contributed by atoms with E-state index in [1.165, 1.54) is 11.3 Å². The van der Waals surface area contributed by atoms with Gasteiger partial charge in [0.1, 0.15) is 5.76 Å². The van der Waals surface area contributed by atoms with Gasteiger partial charge in [0.2, 0.25) is 0 Å². The van der Waals surface area contributed by atoms with E-state index in [9.17, 15) is 0 Å². The van der Waals surface area contributed by atoms with E-state index in [0.717, 1.165) is 29.0 Å². The van der Waals surface area contributed by atoms with Crippen LogP contribution in [-0.2, 0) is 20.1 Å². The fourth-order valence-corrected chi connectivity index (χ4v) is 2.49. The summed E-state index contributed by atoms with van der Waals surface area (Å²) >= 11 is 3.59. The third-order valence-corrected chi connectivity index (χ3v) is 4.12. The topological polar surface area (TPSA) is 34.2 Å². The second-order valence-corrected chi connectivity index (χ2v) is 5.44. The molecular formula is C13H18BrN3O. The quantitative estimate of drug-likeness (QED) is 0.870. The highest BCUT2D eigenvalue weighted by Crippen LogP contribution is 2.22. The molecule has 0 aliphatic heterocycles. The van der Waals surface area contributed by atoms with Gasteiger partial charge in [0.15, 0.2) is 0 Å². The predicted molar refractivity (Wildman–Crippen MR) is 74.3 cm³/mol. The van der Waals surface area contributed by atoms with E-state index >= 15 is 0 Å². The molecule has 0 saturated heterocycles. The summed E-state index contributed by atoms with van der Waals surface area (Å²) in [5, 5.41) is 4.40. The molecule has 5 heteroatoms. The first-order valence-electron chi connectivity index (χ1n) is 5.88. The van der Waals surface area contributed by atoms with Gasteiger partial charge in [-0.15, -0.1) is 0 Å². The molecule has 0 aliphatic rings. The van der Waals surface area contributed by atoms with Gasteiger partial charge in [0.05, 0.1) is 22.1 Å². The van der Waals surface area contributed by atoms with E-state index in [4.69, 9.17) is 4.42 Å². The van der Waals surface area contributed by atoms with Crippen LogP contribution in [0.1, 0.15) is 22.7 Å². The van der Waals surface area contributed by atoms with Crippen LogP contribution >= 0.6 is 15.9 Å². The molecule has 0 radical (unpaired) electrons. The van der Waals surface area contributed by atoms with Crippen molar-refractivity contribution in [3.05, 3.63) is 39.5 Å². The number of furan rings is 1. The number of rotatable bonds is 4. The minimum atomic E-state index is 0.850. The summed E-state index contributed by atoms with van der Waals surface area (Å²) in [6.07, 6.45) is 1.74. The molecule has 2 rings (SSSR count). The number of aryl methyl sites for hydroxylation is 3. The van der Waals surface area contributed by atoms with E-state index in [1.807, 2.05) is 31.6 Å². The minimum Gasteiger partial charge on any atom is -0.469 e. The first-order chi connectivity index (χ1) is 8.49. The summed E-state index contributed by atoms with van der Waals surface area (Å²) in [5.74, 6) is 0.988. The van der Waals surface area contributed by atoms with Crippen molar-refractivity contribution in [1.29, 1.82) is 0 Å². The molecule has 18 heavy (non-hydrogen) atoms. The molecule has 0 N–H and O–H groups in total. The van der Waals surface area contributed by atoms with Crippen molar-refractivity contribution in [2.24, 2.45) is 7.05 Å². The van der Waals surface area contributed by atoms with Crippen LogP contribution in [0.3, 0.4) is 0 Å². The zero-order chi connectivity index (χ0) is 13.3. The second kappa shape index (κ2) is 5.28. The van der Waals surface area contributed by atoms with E-state index in [-0.39, 0.29) is 0 Å². The highest BCUT2D eigenvalue weighted by Gasteiger charge is 2.13. The molecule has 0 spiro atoms. The van der Waals surface area contributed by atoms with Gasteiger partial charge >= 0.3 is 0 Å². The van der Waals surface area contributed by atoms with Crippen LogP contribution in [-0.4, -0.2) is 21.7 Å². The highest BCUT2D eigenvalue weighted by atomic mass is 79.9. The monoisotopic (exact) mass is 311 g/mol. The first-order valence-corrected chi connectivity index (χ1v) is 6.68. The Labute approximate surface area is 116 Å². The van der Waals surface area contributed by atoms with Crippen molar-refractivity contribution in [3.63, 3.8) is 0 Å². The molecule has 2 heterocycles. The summed E-state index contributed by atoms with van der Waals surface area (Å²) in [6.45, 7) is 5.72. The van der Waals surface area contributed by atoms with Crippen molar-refractivity contribution in [3.8, 4) is 0 Å². The van der Waals surface area contributed by atoms with E-state index < -0.39 is 0 Å². The summed E-state index contributed by atoms with van der Waals surface area (Å²) < 4.78 is 8.34. The van der Waals surface area contributed by atoms with Crippen molar-refractivity contribution >= 4 is 15.9 Å². The Bertz CT molecular complexity index is 544. The van der Waals surface area contributed by atoms with Gasteiger partial charge in [-0.25, -0.2) is 0 Å². The van der Waals surface area contributed by atoms with Crippen LogP contribution in [0.5, 0.6) is 0 Å². The van der Waals surface area contributed by atoms with Crippen LogP contribution in [0, 0.1) is 13.8 Å². The first kappa shape index (κ1) is 13.4. The van der Waals surface area contributed by atoms with Crippen molar-refractivity contribution < 1.29 is 4.42 Å². The second-order valence-electron chi connectivity index (χ2n) is 4.64. The lowest BCUT2D eigenvalue weighted by Gasteiger charge is -2.16. The number of hydrogen-bond donors (Lipinski definition) is 0. The number of halogens is 1. The Balaban J connectivity index is 2.07. The Morgan fingerprint density at radius 2 is 2.11 bits per heavy atom. The maximum atomic E-state index is 5.31. The summed E-state index contributed by atoms with van der Waals surface area (Å²) in [4.78, 5) is 2.25. The van der Waals surface area contributed by atoms with Gasteiger partial charge in [0, 0.05) is 25.7 Å². The minimum absolute atomic E-state index is 0.850. The van der Waals surface area contributed by atoms with E-state index in [2.05, 4.69) is 33.0 Å². The van der Waals surface area contributed by atoms with Crippen LogP contribution in [0.15, 0.2) is 21.2 Å². The van der Waals surface area contributed by atoms with Crippen LogP contribution in [0.4, 0.5) is 0 Å². The predicted octanol–water partition coefficient (Wildman–Crippen LogP) is 3.02. The maximum Gasteiger partial charge on any atom is 0.105 e. The maximum absolute atomic E-state index is 5.31. The fraction of sp³-hybridized carbons (Fsp3) is 0.462. The van der Waals surface area contributed by atoms with Crippen molar-refractivity contribution in [2.75, 3.05) is 7.05 Å². The van der Waals surface area contributed by atoms with Crippen molar-refractivity contribution in [1.82, 2.24) is 14.7 Å². The summed E-state index contributed by atoms with van der Waals surface area (Å²) in [5.41, 5.74) is 3.45. The molecule has 98 valence electrons. The van der Waals surface area contributed by atoms with Gasteiger partial charge in [-0.1, -0.05) is 0 Å². The molecule has 0 fully saturated rings. The Kier molecular flexibility index (Phi) is 3.92. The molecule has 0 bridgehead atoms. The molecule has 4 nitrogen and oxygen atoms in total. The van der Waals surface area contributed by atoms with Gasteiger partial charge < -0.3 is 4.42 Å². The molecule has 0 unspecified atom stereocenters. The van der Waals surface area contributed by atoms with Gasteiger partial charge in [0.25, 0.3) is 0 Å². The average molecular weight is 312 g/mol. The summed E-state index contributed by atoms with van der Waals surface area (Å²) in [6, 6.07) is 2.02. The Morgan fingerprint density at radius 3 is 2.61 bits per heavy atom. The molecule has 0 aliphatic carbocycles. The molecule has 0 atom stereocenters. The lowest BCUT2D eigenvalue weighted by Crippen LogP contribution is -2.19. The average Bonchev–Trinajstić information content (AvgIpc) is 2.79. The van der Waals surface area contributed by atoms with Crippen molar-refractivity contribution in [2.45, 2.75) is 26.9 Å². The number of aromatic nitrogens is 2. The largest absolute Gasteiger partial charge is 0.469 e. The van der Waals surface area contributed by atoms with Crippen LogP contribution < -0.4 is 0 Å². The smallest absolute Gasteiger partial charge is 0.105 e. The standard InChI is InChI=1S/C13H18BrN3O/c1-9-13(14)12(17(4)15-9)8-16(3)7-11-5-6-18-10(11)2/h5-6H,7-8H2,1-4H3. The van der Waals surface area contributed by atoms with E-state index in [0.29, 0.717) is 0 Å². The summed E-state index contributed by atoms with van der Waals surface area (Å²) in [7, 11) is 4.07. The Morgan fingerprint density at radius 1 is 1.39 bits per heavy atom. The molecule has 2 aromatic rings. The normalized spacial score (nSPS) is 11.4. The molecule has 0 saturated carbocycles. The SMILES string of the molecule is Cc1nn(C)c(CN(C)Cc2ccoc2C)c1Br. The fourth-order valence-electron chi connectivity index (χ4n) is 2.03. The zero-order valence-electron chi connectivity index (χ0n) is 11.2. The van der Waals surface area contributed by atoms with Gasteiger partial charge in [-0.2, -0.15) is 5.10 Å². The third kappa shape index (κ3) is 2.67. The zero-order valence-corrected chi connectivity index (χ0v) is 12.8. The third-order valence-electron chi connectivity index (χ3n) is 3.09. The molecule has 2 aromatic heterocycles. The van der Waals surface area contributed by atoms with Crippen LogP contribution in [0.25, 0.3) is 0 Å². The van der Waals surface area contributed by atoms with E-state index in [1.54, 1.807) is 6.26 Å². The van der Waals surface area contributed by atoms with Gasteiger partial charge in [-0.3, -0.25) is 9.58 Å². The molecule has 0 amide bonds.